The maximum absolute atomic E-state index is 14.7. The van der Waals surface area contributed by atoms with Crippen molar-refractivity contribution in [1.29, 1.82) is 0 Å². The number of nitrogens with two attached hydrogens (primary N) is 1. The molecule has 5 rings (SSSR count). The lowest BCUT2D eigenvalue weighted by atomic mass is 9.99. The number of aryl methyl sites for hydroxylation is 1. The third-order valence-electron chi connectivity index (χ3n) is 6.47. The Morgan fingerprint density at radius 3 is 2.35 bits per heavy atom. The summed E-state index contributed by atoms with van der Waals surface area (Å²) in [6.45, 7) is 3.10. The number of pyridine rings is 1. The summed E-state index contributed by atoms with van der Waals surface area (Å²) < 4.78 is 79.2. The molecule has 3 aromatic carbocycles. The number of benzene rings is 3. The molecule has 0 unspecified atom stereocenters. The van der Waals surface area contributed by atoms with Gasteiger partial charge in [-0.3, -0.25) is 4.79 Å². The largest absolute Gasteiger partial charge is 0.457 e. The van der Waals surface area contributed by atoms with Crippen LogP contribution in [0.2, 0.25) is 0 Å². The van der Waals surface area contributed by atoms with Gasteiger partial charge in [0.1, 0.15) is 34.5 Å². The summed E-state index contributed by atoms with van der Waals surface area (Å²) in [7, 11) is 0. The normalized spacial score (nSPS) is 12.5. The molecule has 0 aliphatic carbocycles. The molecule has 2 N–H and O–H groups in total. The molecular weight excluding hydrogens is 531 g/mol. The van der Waals surface area contributed by atoms with E-state index in [0.717, 1.165) is 6.07 Å². The summed E-state index contributed by atoms with van der Waals surface area (Å²) in [6.07, 6.45) is -2.40. The minimum absolute atomic E-state index is 0.00720. The Morgan fingerprint density at radius 2 is 1.70 bits per heavy atom. The van der Waals surface area contributed by atoms with Gasteiger partial charge in [0.05, 0.1) is 23.3 Å². The second-order valence-corrected chi connectivity index (χ2v) is 9.20. The lowest BCUT2D eigenvalue weighted by Crippen LogP contribution is -2.18. The van der Waals surface area contributed by atoms with Crippen LogP contribution in [0, 0.1) is 18.6 Å². The van der Waals surface area contributed by atoms with E-state index in [-0.39, 0.29) is 39.2 Å². The molecule has 0 fully saturated rings. The molecule has 204 valence electrons. The van der Waals surface area contributed by atoms with Crippen molar-refractivity contribution in [3.8, 4) is 22.6 Å². The predicted molar refractivity (Wildman–Crippen MR) is 140 cm³/mol. The number of fused-ring (bicyclic) bond motifs is 1. The molecule has 1 atom stereocenters. The summed E-state index contributed by atoms with van der Waals surface area (Å²) in [4.78, 5) is 20.3. The van der Waals surface area contributed by atoms with E-state index >= 15 is 0 Å². The van der Waals surface area contributed by atoms with E-state index in [9.17, 15) is 26.7 Å². The minimum atomic E-state index is -4.80. The van der Waals surface area contributed by atoms with Gasteiger partial charge < -0.3 is 15.0 Å². The maximum Gasteiger partial charge on any atom is 0.420 e. The number of aromatic nitrogens is 3. The summed E-state index contributed by atoms with van der Waals surface area (Å²) in [5.74, 6) is -1.92. The van der Waals surface area contributed by atoms with Crippen molar-refractivity contribution in [2.75, 3.05) is 5.73 Å². The summed E-state index contributed by atoms with van der Waals surface area (Å²) in [5.41, 5.74) is 4.31. The number of halogens is 5. The van der Waals surface area contributed by atoms with Gasteiger partial charge in [0.2, 0.25) is 0 Å². The molecule has 0 saturated carbocycles. The highest BCUT2D eigenvalue weighted by Crippen LogP contribution is 2.44. The number of anilines is 1. The third-order valence-corrected chi connectivity index (χ3v) is 6.47. The fourth-order valence-electron chi connectivity index (χ4n) is 4.62. The molecular formula is C29H21F5N4O2. The van der Waals surface area contributed by atoms with Gasteiger partial charge in [-0.1, -0.05) is 12.1 Å². The minimum Gasteiger partial charge on any atom is -0.457 e. The molecule has 0 aliphatic heterocycles. The molecule has 2 aromatic heterocycles. The number of nitrogen functional groups attached to an aromatic ring is 1. The van der Waals surface area contributed by atoms with E-state index in [2.05, 4.69) is 9.97 Å². The van der Waals surface area contributed by atoms with E-state index < -0.39 is 40.7 Å². The summed E-state index contributed by atoms with van der Waals surface area (Å²) >= 11 is 0. The predicted octanol–water partition coefficient (Wildman–Crippen LogP) is 7.05. The molecule has 2 heterocycles. The standard InChI is InChI=1S/C29H21F5N4O2/c1-15-10-21(30)26(22(31)11-15)16(2)38-14-37-28(39)20-12-18(7-8-23(20)38)40-24-5-3-4-19(27(24)29(32,33)34)17-6-9-25(35)36-13-17/h3-14,16H,1-2H3,(H2,35,36)/t16-/m1/s1. The van der Waals surface area contributed by atoms with Gasteiger partial charge in [-0.05, 0) is 73.5 Å². The van der Waals surface area contributed by atoms with Gasteiger partial charge in [0.15, 0.2) is 0 Å². The van der Waals surface area contributed by atoms with Crippen molar-refractivity contribution < 1.29 is 26.7 Å². The van der Waals surface area contributed by atoms with Crippen molar-refractivity contribution in [1.82, 2.24) is 14.5 Å². The summed E-state index contributed by atoms with van der Waals surface area (Å²) in [5, 5.41) is -0.00720. The van der Waals surface area contributed by atoms with Crippen molar-refractivity contribution in [3.63, 3.8) is 0 Å². The fraction of sp³-hybridized carbons (Fsp3) is 0.138. The number of nitrogens with zero attached hydrogens (tertiary/aromatic N) is 3. The highest BCUT2D eigenvalue weighted by molar-refractivity contribution is 5.80. The molecule has 0 amide bonds. The van der Waals surface area contributed by atoms with Crippen LogP contribution < -0.4 is 16.0 Å². The van der Waals surface area contributed by atoms with Gasteiger partial charge in [0.25, 0.3) is 5.56 Å². The Labute approximate surface area is 224 Å². The molecule has 40 heavy (non-hydrogen) atoms. The van der Waals surface area contributed by atoms with E-state index in [0.29, 0.717) is 5.56 Å². The fourth-order valence-corrected chi connectivity index (χ4v) is 4.62. The third kappa shape index (κ3) is 4.97. The van der Waals surface area contributed by atoms with Crippen LogP contribution in [0.1, 0.15) is 29.7 Å². The van der Waals surface area contributed by atoms with E-state index in [1.165, 1.54) is 71.7 Å². The Kier molecular flexibility index (Phi) is 6.74. The Hall–Kier alpha value is -4.80. The van der Waals surface area contributed by atoms with Crippen LogP contribution in [0.5, 0.6) is 11.5 Å². The van der Waals surface area contributed by atoms with Crippen LogP contribution in [-0.2, 0) is 6.18 Å². The number of alkyl halides is 3. The number of rotatable bonds is 5. The zero-order valence-electron chi connectivity index (χ0n) is 21.1. The van der Waals surface area contributed by atoms with Gasteiger partial charge in [-0.25, -0.2) is 13.8 Å². The lowest BCUT2D eigenvalue weighted by Gasteiger charge is -2.21. The van der Waals surface area contributed by atoms with Crippen LogP contribution in [0.3, 0.4) is 0 Å². The van der Waals surface area contributed by atoms with Crippen LogP contribution in [0.15, 0.2) is 78.0 Å². The average molecular weight is 553 g/mol. The first kappa shape index (κ1) is 26.8. The van der Waals surface area contributed by atoms with Crippen molar-refractivity contribution in [2.24, 2.45) is 0 Å². The topological polar surface area (TPSA) is 83.0 Å². The maximum atomic E-state index is 14.7. The molecule has 0 bridgehead atoms. The number of hydrogen-bond donors (Lipinski definition) is 1. The van der Waals surface area contributed by atoms with Crippen LogP contribution >= 0.6 is 0 Å². The van der Waals surface area contributed by atoms with E-state index in [1.54, 1.807) is 13.8 Å². The van der Waals surface area contributed by atoms with E-state index in [1.807, 2.05) is 0 Å². The molecule has 0 saturated heterocycles. The summed E-state index contributed by atoms with van der Waals surface area (Å²) in [6, 6.07) is 12.2. The molecule has 6 nitrogen and oxygen atoms in total. The molecule has 0 spiro atoms. The van der Waals surface area contributed by atoms with Gasteiger partial charge in [0, 0.05) is 17.3 Å². The number of hydrogen-bond acceptors (Lipinski definition) is 5. The van der Waals surface area contributed by atoms with Crippen LogP contribution in [0.25, 0.3) is 22.0 Å². The van der Waals surface area contributed by atoms with Gasteiger partial charge >= 0.3 is 6.18 Å². The highest BCUT2D eigenvalue weighted by Gasteiger charge is 2.38. The molecule has 11 heteroatoms. The van der Waals surface area contributed by atoms with Gasteiger partial charge in [-0.2, -0.15) is 18.2 Å². The number of ether oxygens (including phenoxy) is 1. The molecule has 0 aliphatic rings. The van der Waals surface area contributed by atoms with Gasteiger partial charge in [-0.15, -0.1) is 0 Å². The monoisotopic (exact) mass is 552 g/mol. The first-order valence-electron chi connectivity index (χ1n) is 12.0. The SMILES string of the molecule is Cc1cc(F)c([C@@H](C)n2cnc(=O)c3cc(Oc4cccc(-c5ccc(N)nc5)c4C(F)(F)F)ccc32)c(F)c1. The Bertz CT molecular complexity index is 1780. The van der Waals surface area contributed by atoms with Crippen molar-refractivity contribution >= 4 is 16.7 Å². The average Bonchev–Trinajstić information content (AvgIpc) is 2.88. The van der Waals surface area contributed by atoms with Crippen LogP contribution in [-0.4, -0.2) is 14.5 Å². The highest BCUT2D eigenvalue weighted by atomic mass is 19.4. The molecule has 0 radical (unpaired) electrons. The Morgan fingerprint density at radius 1 is 0.975 bits per heavy atom. The second kappa shape index (κ2) is 10.1. The zero-order valence-corrected chi connectivity index (χ0v) is 21.1. The quantitative estimate of drug-likeness (QED) is 0.236. The first-order valence-corrected chi connectivity index (χ1v) is 12.0. The Balaban J connectivity index is 1.59. The van der Waals surface area contributed by atoms with E-state index in [4.69, 9.17) is 10.5 Å². The van der Waals surface area contributed by atoms with Crippen LogP contribution in [0.4, 0.5) is 27.8 Å². The smallest absolute Gasteiger partial charge is 0.420 e. The second-order valence-electron chi connectivity index (χ2n) is 9.20. The zero-order chi connectivity index (χ0) is 28.8. The van der Waals surface area contributed by atoms with Crippen molar-refractivity contribution in [2.45, 2.75) is 26.1 Å². The first-order chi connectivity index (χ1) is 18.9. The molecule has 5 aromatic rings. The van der Waals surface area contributed by atoms with Crippen molar-refractivity contribution in [3.05, 3.63) is 112 Å². The lowest BCUT2D eigenvalue weighted by molar-refractivity contribution is -0.138.